The molecule has 4 heteroatoms. The van der Waals surface area contributed by atoms with Crippen LogP contribution in [-0.2, 0) is 0 Å². The first-order chi connectivity index (χ1) is 5.54. The van der Waals surface area contributed by atoms with E-state index in [0.29, 0.717) is 0 Å². The van der Waals surface area contributed by atoms with Crippen molar-refractivity contribution in [3.63, 3.8) is 0 Å². The Bertz CT molecular complexity index is 336. The molecule has 1 rings (SSSR count). The minimum atomic E-state index is -0.256. The highest BCUT2D eigenvalue weighted by atomic mass is 35.5. The van der Waals surface area contributed by atoms with Gasteiger partial charge in [0.15, 0.2) is 5.78 Å². The zero-order valence-corrected chi connectivity index (χ0v) is 7.22. The van der Waals surface area contributed by atoms with Crippen LogP contribution in [0.1, 0.15) is 17.3 Å². The fourth-order valence-corrected chi connectivity index (χ4v) is 1.24. The quantitative estimate of drug-likeness (QED) is 0.399. The van der Waals surface area contributed by atoms with Gasteiger partial charge in [-0.3, -0.25) is 4.79 Å². The molecule has 3 nitrogen and oxygen atoms in total. The third kappa shape index (κ3) is 1.36. The van der Waals surface area contributed by atoms with Crippen molar-refractivity contribution in [3.05, 3.63) is 22.7 Å². The molecule has 0 spiro atoms. The second-order valence-electron chi connectivity index (χ2n) is 2.42. The molecule has 0 aliphatic carbocycles. The Hall–Kier alpha value is -1.22. The molecule has 0 saturated heterocycles. The molecule has 1 aromatic rings. The van der Waals surface area contributed by atoms with E-state index in [2.05, 4.69) is 0 Å². The van der Waals surface area contributed by atoms with E-state index in [1.807, 2.05) is 0 Å². The van der Waals surface area contributed by atoms with Crippen molar-refractivity contribution in [1.82, 2.24) is 0 Å². The van der Waals surface area contributed by atoms with Crippen LogP contribution in [0.5, 0.6) is 5.75 Å². The fourth-order valence-electron chi connectivity index (χ4n) is 0.938. The van der Waals surface area contributed by atoms with Crippen LogP contribution in [0.4, 0.5) is 5.69 Å². The van der Waals surface area contributed by atoms with E-state index in [4.69, 9.17) is 22.4 Å². The summed E-state index contributed by atoms with van der Waals surface area (Å²) in [6.45, 7) is 1.34. The van der Waals surface area contributed by atoms with Gasteiger partial charge in [0.1, 0.15) is 5.75 Å². The van der Waals surface area contributed by atoms with Crippen molar-refractivity contribution in [2.75, 3.05) is 5.73 Å². The summed E-state index contributed by atoms with van der Waals surface area (Å²) in [7, 11) is 0. The topological polar surface area (TPSA) is 63.3 Å². The molecule has 0 bridgehead atoms. The molecule has 0 heterocycles. The Morgan fingerprint density at radius 3 is 2.58 bits per heavy atom. The average Bonchev–Trinajstić information content (AvgIpc) is 1.97. The number of nitrogen functional groups attached to an aromatic ring is 1. The van der Waals surface area contributed by atoms with Gasteiger partial charge in [-0.25, -0.2) is 0 Å². The van der Waals surface area contributed by atoms with Crippen LogP contribution in [0.25, 0.3) is 0 Å². The molecule has 0 radical (unpaired) electrons. The number of hydrogen-bond donors (Lipinski definition) is 2. The second-order valence-corrected chi connectivity index (χ2v) is 2.80. The van der Waals surface area contributed by atoms with Crippen LogP contribution >= 0.6 is 11.6 Å². The minimum absolute atomic E-state index is 0.0162. The van der Waals surface area contributed by atoms with E-state index in [0.717, 1.165) is 0 Å². The van der Waals surface area contributed by atoms with Crippen LogP contribution in [0.3, 0.4) is 0 Å². The summed E-state index contributed by atoms with van der Waals surface area (Å²) in [6.07, 6.45) is 0. The van der Waals surface area contributed by atoms with Crippen molar-refractivity contribution >= 4 is 23.1 Å². The molecule has 3 N–H and O–H groups in total. The number of Topliss-reactive ketones (excluding diaryl/α,β-unsaturated/α-hetero) is 1. The number of phenolic OH excluding ortho intramolecular Hbond substituents is 1. The van der Waals surface area contributed by atoms with Gasteiger partial charge < -0.3 is 10.8 Å². The average molecular weight is 186 g/mol. The highest BCUT2D eigenvalue weighted by molar-refractivity contribution is 6.36. The smallest absolute Gasteiger partial charge is 0.163 e. The maximum absolute atomic E-state index is 11.0. The molecular formula is C8H8ClNO2. The van der Waals surface area contributed by atoms with Gasteiger partial charge >= 0.3 is 0 Å². The van der Waals surface area contributed by atoms with Crippen LogP contribution in [-0.4, -0.2) is 10.9 Å². The van der Waals surface area contributed by atoms with Gasteiger partial charge in [0.25, 0.3) is 0 Å². The Balaban J connectivity index is 3.43. The fraction of sp³-hybridized carbons (Fsp3) is 0.125. The lowest BCUT2D eigenvalue weighted by atomic mass is 10.1. The lowest BCUT2D eigenvalue weighted by molar-refractivity contribution is 0.101. The molecule has 0 aliphatic rings. The number of nitrogens with two attached hydrogens (primary N) is 1. The normalized spacial score (nSPS) is 9.83. The zero-order valence-electron chi connectivity index (χ0n) is 6.47. The first-order valence-corrected chi connectivity index (χ1v) is 3.69. The van der Waals surface area contributed by atoms with Gasteiger partial charge in [0.05, 0.1) is 10.6 Å². The summed E-state index contributed by atoms with van der Waals surface area (Å²) in [5.74, 6) is -0.385. The molecular weight excluding hydrogens is 178 g/mol. The van der Waals surface area contributed by atoms with Crippen LogP contribution in [0, 0.1) is 0 Å². The summed E-state index contributed by atoms with van der Waals surface area (Å²) in [5.41, 5.74) is 5.93. The Labute approximate surface area is 74.8 Å². The number of benzene rings is 1. The predicted molar refractivity (Wildman–Crippen MR) is 47.5 cm³/mol. The number of carbonyl (C=O) groups excluding carboxylic acids is 1. The van der Waals surface area contributed by atoms with Crippen LogP contribution in [0.15, 0.2) is 12.1 Å². The summed E-state index contributed by atoms with van der Waals surface area (Å²) >= 11 is 5.64. The lowest BCUT2D eigenvalue weighted by Crippen LogP contribution is -2.00. The highest BCUT2D eigenvalue weighted by Gasteiger charge is 2.12. The van der Waals surface area contributed by atoms with Gasteiger partial charge in [0.2, 0.25) is 0 Å². The Kier molecular flexibility index (Phi) is 2.24. The molecule has 0 unspecified atom stereocenters. The maximum atomic E-state index is 11.0. The van der Waals surface area contributed by atoms with E-state index in [1.165, 1.54) is 19.1 Å². The van der Waals surface area contributed by atoms with Crippen molar-refractivity contribution < 1.29 is 9.90 Å². The molecule has 0 atom stereocenters. The van der Waals surface area contributed by atoms with E-state index in [-0.39, 0.29) is 27.8 Å². The van der Waals surface area contributed by atoms with Crippen LogP contribution in [0.2, 0.25) is 5.02 Å². The first-order valence-electron chi connectivity index (χ1n) is 3.32. The number of rotatable bonds is 1. The molecule has 0 aliphatic heterocycles. The number of halogens is 1. The largest absolute Gasteiger partial charge is 0.506 e. The molecule has 0 amide bonds. The Morgan fingerprint density at radius 2 is 2.17 bits per heavy atom. The summed E-state index contributed by atoms with van der Waals surface area (Å²) in [6, 6.07) is 2.79. The third-order valence-electron chi connectivity index (χ3n) is 1.51. The summed E-state index contributed by atoms with van der Waals surface area (Å²) in [5, 5.41) is 9.15. The highest BCUT2D eigenvalue weighted by Crippen LogP contribution is 2.31. The molecule has 1 aromatic carbocycles. The second kappa shape index (κ2) is 3.03. The summed E-state index contributed by atoms with van der Waals surface area (Å²) < 4.78 is 0. The molecule has 0 fully saturated rings. The number of hydrogen-bond acceptors (Lipinski definition) is 3. The van der Waals surface area contributed by atoms with Crippen molar-refractivity contribution in [2.24, 2.45) is 0 Å². The van der Waals surface area contributed by atoms with Crippen LogP contribution < -0.4 is 5.73 Å². The predicted octanol–water partition coefficient (Wildman–Crippen LogP) is 1.83. The molecule has 64 valence electrons. The van der Waals surface area contributed by atoms with Crippen molar-refractivity contribution in [2.45, 2.75) is 6.92 Å². The van der Waals surface area contributed by atoms with Gasteiger partial charge in [0, 0.05) is 5.69 Å². The van der Waals surface area contributed by atoms with Gasteiger partial charge in [-0.05, 0) is 19.1 Å². The number of aromatic hydroxyl groups is 1. The zero-order chi connectivity index (χ0) is 9.30. The van der Waals surface area contributed by atoms with E-state index in [9.17, 15) is 4.79 Å². The van der Waals surface area contributed by atoms with E-state index >= 15 is 0 Å². The van der Waals surface area contributed by atoms with E-state index in [1.54, 1.807) is 0 Å². The molecule has 12 heavy (non-hydrogen) atoms. The number of phenols is 1. The number of carbonyl (C=O) groups is 1. The lowest BCUT2D eigenvalue weighted by Gasteiger charge is -2.05. The van der Waals surface area contributed by atoms with Gasteiger partial charge in [-0.1, -0.05) is 11.6 Å². The first kappa shape index (κ1) is 8.87. The third-order valence-corrected chi connectivity index (χ3v) is 1.89. The molecule has 0 aromatic heterocycles. The minimum Gasteiger partial charge on any atom is -0.506 e. The van der Waals surface area contributed by atoms with Gasteiger partial charge in [-0.2, -0.15) is 0 Å². The number of anilines is 1. The van der Waals surface area contributed by atoms with Gasteiger partial charge in [-0.15, -0.1) is 0 Å². The maximum Gasteiger partial charge on any atom is 0.163 e. The standard InChI is InChI=1S/C8H8ClNO2/c1-4(11)7-5(10)2-3-6(12)8(7)9/h2-3,12H,10H2,1H3. The number of ketones is 1. The van der Waals surface area contributed by atoms with E-state index < -0.39 is 0 Å². The Morgan fingerprint density at radius 1 is 1.58 bits per heavy atom. The monoisotopic (exact) mass is 185 g/mol. The van der Waals surface area contributed by atoms with Crippen molar-refractivity contribution in [1.29, 1.82) is 0 Å². The van der Waals surface area contributed by atoms with Crippen molar-refractivity contribution in [3.8, 4) is 5.75 Å². The SMILES string of the molecule is CC(=O)c1c(N)ccc(O)c1Cl. The molecule has 0 saturated carbocycles. The summed E-state index contributed by atoms with van der Waals surface area (Å²) in [4.78, 5) is 11.0.